The first-order valence-electron chi connectivity index (χ1n) is 6.49. The fourth-order valence-corrected chi connectivity index (χ4v) is 2.38. The van der Waals surface area contributed by atoms with Crippen molar-refractivity contribution in [3.8, 4) is 0 Å². The molecule has 6 nitrogen and oxygen atoms in total. The number of rotatable bonds is 4. The van der Waals surface area contributed by atoms with Gasteiger partial charge in [-0.3, -0.25) is 4.90 Å². The lowest BCUT2D eigenvalue weighted by molar-refractivity contribution is 0.314. The van der Waals surface area contributed by atoms with E-state index in [4.69, 9.17) is 0 Å². The first-order valence-corrected chi connectivity index (χ1v) is 6.49. The maximum atomic E-state index is 4.66. The second-order valence-electron chi connectivity index (χ2n) is 4.94. The molecule has 100 valence electrons. The molecule has 0 aromatic carbocycles. The van der Waals surface area contributed by atoms with Gasteiger partial charge in [-0.25, -0.2) is 15.0 Å². The summed E-state index contributed by atoms with van der Waals surface area (Å²) >= 11 is 0. The minimum Gasteiger partial charge on any atom is -0.332 e. The first-order chi connectivity index (χ1) is 9.31. The highest BCUT2D eigenvalue weighted by molar-refractivity contribution is 5.07. The van der Waals surface area contributed by atoms with Gasteiger partial charge in [-0.2, -0.15) is 0 Å². The fraction of sp³-hybridized carbons (Fsp3) is 0.462. The van der Waals surface area contributed by atoms with Crippen molar-refractivity contribution in [2.75, 3.05) is 13.6 Å². The van der Waals surface area contributed by atoms with Gasteiger partial charge in [-0.1, -0.05) is 0 Å². The van der Waals surface area contributed by atoms with Gasteiger partial charge in [0.2, 0.25) is 0 Å². The highest BCUT2D eigenvalue weighted by atomic mass is 15.2. The Morgan fingerprint density at radius 1 is 1.32 bits per heavy atom. The molecule has 0 saturated heterocycles. The summed E-state index contributed by atoms with van der Waals surface area (Å²) in [6.45, 7) is 4.59. The van der Waals surface area contributed by atoms with E-state index >= 15 is 0 Å². The number of hydrogen-bond donors (Lipinski definition) is 1. The zero-order valence-corrected chi connectivity index (χ0v) is 11.1. The Kier molecular flexibility index (Phi) is 3.52. The molecule has 1 N–H and O–H groups in total. The summed E-state index contributed by atoms with van der Waals surface area (Å²) in [6, 6.07) is 0. The van der Waals surface area contributed by atoms with Crippen LogP contribution in [-0.2, 0) is 26.2 Å². The molecule has 6 heteroatoms. The number of nitrogens with zero attached hydrogens (tertiary/aromatic N) is 5. The van der Waals surface area contributed by atoms with Gasteiger partial charge in [0, 0.05) is 50.3 Å². The van der Waals surface area contributed by atoms with E-state index in [0.29, 0.717) is 0 Å². The summed E-state index contributed by atoms with van der Waals surface area (Å²) in [7, 11) is 2.09. The van der Waals surface area contributed by atoms with E-state index in [1.165, 1.54) is 0 Å². The van der Waals surface area contributed by atoms with Crippen LogP contribution in [0.15, 0.2) is 24.9 Å². The normalized spacial score (nSPS) is 14.6. The Bertz CT molecular complexity index is 512. The van der Waals surface area contributed by atoms with Crippen molar-refractivity contribution in [1.29, 1.82) is 0 Å². The van der Waals surface area contributed by atoms with Gasteiger partial charge in [-0.15, -0.1) is 0 Å². The third-order valence-electron chi connectivity index (χ3n) is 3.22. The van der Waals surface area contributed by atoms with Crippen LogP contribution in [0, 0.1) is 0 Å². The molecule has 2 aromatic rings. The summed E-state index contributed by atoms with van der Waals surface area (Å²) in [5, 5.41) is 3.33. The van der Waals surface area contributed by atoms with Crippen molar-refractivity contribution >= 4 is 0 Å². The molecule has 0 radical (unpaired) electrons. The molecule has 19 heavy (non-hydrogen) atoms. The number of aromatic nitrogens is 4. The predicted molar refractivity (Wildman–Crippen MR) is 71.1 cm³/mol. The molecule has 0 aliphatic carbocycles. The molecular formula is C13H18N6. The fourth-order valence-electron chi connectivity index (χ4n) is 2.38. The van der Waals surface area contributed by atoms with Gasteiger partial charge in [0.1, 0.15) is 12.2 Å². The van der Waals surface area contributed by atoms with Gasteiger partial charge in [0.05, 0.1) is 12.2 Å². The molecule has 0 fully saturated rings. The predicted octanol–water partition coefficient (Wildman–Crippen LogP) is 0.408. The standard InChI is InChI=1S/C13H18N6/c1-18(7-11-4-15-10-16-5-11)8-12-9-19-3-2-14-6-13(19)17-12/h4-5,9-10,14H,2-3,6-8H2,1H3. The molecule has 0 saturated carbocycles. The van der Waals surface area contributed by atoms with Crippen LogP contribution in [0.3, 0.4) is 0 Å². The van der Waals surface area contributed by atoms with E-state index in [9.17, 15) is 0 Å². The van der Waals surface area contributed by atoms with Gasteiger partial charge in [0.15, 0.2) is 0 Å². The molecule has 1 aliphatic rings. The molecule has 1 aliphatic heterocycles. The number of imidazole rings is 1. The van der Waals surface area contributed by atoms with Gasteiger partial charge < -0.3 is 9.88 Å². The van der Waals surface area contributed by atoms with Crippen LogP contribution in [0.25, 0.3) is 0 Å². The van der Waals surface area contributed by atoms with Gasteiger partial charge >= 0.3 is 0 Å². The third kappa shape index (κ3) is 2.97. The highest BCUT2D eigenvalue weighted by Gasteiger charge is 2.12. The van der Waals surface area contributed by atoms with Crippen molar-refractivity contribution in [1.82, 2.24) is 29.7 Å². The summed E-state index contributed by atoms with van der Waals surface area (Å²) in [6.07, 6.45) is 7.42. The van der Waals surface area contributed by atoms with E-state index in [2.05, 4.69) is 43.0 Å². The summed E-state index contributed by atoms with van der Waals surface area (Å²) < 4.78 is 2.24. The van der Waals surface area contributed by atoms with Crippen LogP contribution in [0.4, 0.5) is 0 Å². The molecule has 3 rings (SSSR count). The van der Waals surface area contributed by atoms with E-state index in [1.54, 1.807) is 6.33 Å². The smallest absolute Gasteiger partial charge is 0.123 e. The minimum absolute atomic E-state index is 0.835. The lowest BCUT2D eigenvalue weighted by Gasteiger charge is -2.14. The number of nitrogens with one attached hydrogen (secondary N) is 1. The maximum Gasteiger partial charge on any atom is 0.123 e. The summed E-state index contributed by atoms with van der Waals surface area (Å²) in [5.74, 6) is 1.14. The zero-order chi connectivity index (χ0) is 13.1. The largest absolute Gasteiger partial charge is 0.332 e. The highest BCUT2D eigenvalue weighted by Crippen LogP contribution is 2.10. The van der Waals surface area contributed by atoms with Crippen molar-refractivity contribution < 1.29 is 0 Å². The number of hydrogen-bond acceptors (Lipinski definition) is 5. The quantitative estimate of drug-likeness (QED) is 0.860. The summed E-state index contributed by atoms with van der Waals surface area (Å²) in [4.78, 5) is 14.9. The monoisotopic (exact) mass is 258 g/mol. The minimum atomic E-state index is 0.835. The third-order valence-corrected chi connectivity index (χ3v) is 3.22. The SMILES string of the molecule is CN(Cc1cncnc1)Cc1cn2c(n1)CNCC2. The van der Waals surface area contributed by atoms with E-state index in [1.807, 2.05) is 12.4 Å². The van der Waals surface area contributed by atoms with E-state index in [0.717, 1.165) is 49.8 Å². The van der Waals surface area contributed by atoms with Gasteiger partial charge in [0.25, 0.3) is 0 Å². The second kappa shape index (κ2) is 5.46. The van der Waals surface area contributed by atoms with E-state index in [-0.39, 0.29) is 0 Å². The van der Waals surface area contributed by atoms with Crippen LogP contribution >= 0.6 is 0 Å². The molecule has 0 spiro atoms. The molecule has 0 amide bonds. The Morgan fingerprint density at radius 3 is 2.95 bits per heavy atom. The average Bonchev–Trinajstić information content (AvgIpc) is 2.81. The molecule has 0 unspecified atom stereocenters. The van der Waals surface area contributed by atoms with Crippen molar-refractivity contribution in [3.63, 3.8) is 0 Å². The van der Waals surface area contributed by atoms with Crippen LogP contribution < -0.4 is 5.32 Å². The summed E-state index contributed by atoms with van der Waals surface area (Å²) in [5.41, 5.74) is 2.24. The van der Waals surface area contributed by atoms with Crippen molar-refractivity contribution in [2.24, 2.45) is 0 Å². The second-order valence-corrected chi connectivity index (χ2v) is 4.94. The zero-order valence-electron chi connectivity index (χ0n) is 11.1. The number of fused-ring (bicyclic) bond motifs is 1. The Labute approximate surface area is 112 Å². The van der Waals surface area contributed by atoms with Crippen LogP contribution in [0.5, 0.6) is 0 Å². The average molecular weight is 258 g/mol. The van der Waals surface area contributed by atoms with E-state index < -0.39 is 0 Å². The Morgan fingerprint density at radius 2 is 2.16 bits per heavy atom. The maximum absolute atomic E-state index is 4.66. The van der Waals surface area contributed by atoms with Crippen LogP contribution in [-0.4, -0.2) is 38.0 Å². The lowest BCUT2D eigenvalue weighted by atomic mass is 10.3. The lowest BCUT2D eigenvalue weighted by Crippen LogP contribution is -2.27. The first kappa shape index (κ1) is 12.3. The van der Waals surface area contributed by atoms with Crippen LogP contribution in [0.1, 0.15) is 17.1 Å². The molecular weight excluding hydrogens is 240 g/mol. The van der Waals surface area contributed by atoms with Crippen LogP contribution in [0.2, 0.25) is 0 Å². The topological polar surface area (TPSA) is 58.9 Å². The molecule has 0 bridgehead atoms. The van der Waals surface area contributed by atoms with Gasteiger partial charge in [-0.05, 0) is 7.05 Å². The molecule has 0 atom stereocenters. The van der Waals surface area contributed by atoms with Crippen molar-refractivity contribution in [3.05, 3.63) is 42.0 Å². The Hall–Kier alpha value is -1.79. The molecule has 3 heterocycles. The van der Waals surface area contributed by atoms with Crippen molar-refractivity contribution in [2.45, 2.75) is 26.2 Å². The molecule has 2 aromatic heterocycles. The Balaban J connectivity index is 1.63.